The van der Waals surface area contributed by atoms with Crippen molar-refractivity contribution >= 4 is 47.4 Å². The van der Waals surface area contributed by atoms with Gasteiger partial charge < -0.3 is 25.3 Å². The molecule has 2 rings (SSSR count). The van der Waals surface area contributed by atoms with Gasteiger partial charge in [0.15, 0.2) is 0 Å². The summed E-state index contributed by atoms with van der Waals surface area (Å²) in [4.78, 5) is 11.8. The molecule has 2 aromatic carbocycles. The van der Waals surface area contributed by atoms with Crippen LogP contribution in [0.15, 0.2) is 42.5 Å². The number of ether oxygens (including phenoxy) is 3. The number of nitrogens with one attached hydrogen (secondary N) is 1. The molecule has 1 amide bonds. The molecule has 32 heavy (non-hydrogen) atoms. The lowest BCUT2D eigenvalue weighted by Gasteiger charge is -2.14. The maximum Gasteiger partial charge on any atom is 0.237 e. The minimum atomic E-state index is -0.463. The molecule has 0 spiro atoms. The highest BCUT2D eigenvalue weighted by Gasteiger charge is 2.15. The quantitative estimate of drug-likeness (QED) is 0.196. The van der Waals surface area contributed by atoms with E-state index in [1.165, 1.54) is 0 Å². The van der Waals surface area contributed by atoms with E-state index in [9.17, 15) is 4.79 Å². The highest BCUT2D eigenvalue weighted by molar-refractivity contribution is 7.97. The van der Waals surface area contributed by atoms with Crippen LogP contribution in [0.5, 0.6) is 17.2 Å². The van der Waals surface area contributed by atoms with E-state index >= 15 is 0 Å². The Hall–Kier alpha value is -2.48. The number of thiol groups is 1. The van der Waals surface area contributed by atoms with Gasteiger partial charge in [-0.1, -0.05) is 38.1 Å². The number of hydrogen-bond acceptors (Lipinski definition) is 5. The molecule has 6 nitrogen and oxygen atoms in total. The number of carbonyl (C=O) groups excluding carboxylic acids is 1. The SMILES string of the molecule is COc1cc(/C=C/c2ccc(O/C=[SH]/CCNC(=O)C(N)C(C)C)cc2)cc(OC)c1.Cl. The molecule has 0 aliphatic carbocycles. The lowest BCUT2D eigenvalue weighted by atomic mass is 10.1. The van der Waals surface area contributed by atoms with Crippen LogP contribution in [0.3, 0.4) is 0 Å². The van der Waals surface area contributed by atoms with Crippen LogP contribution in [0, 0.1) is 5.92 Å². The summed E-state index contributed by atoms with van der Waals surface area (Å²) in [6, 6.07) is 13.1. The van der Waals surface area contributed by atoms with Crippen LogP contribution in [-0.4, -0.2) is 44.0 Å². The molecule has 0 bridgehead atoms. The first-order valence-electron chi connectivity index (χ1n) is 10.1. The summed E-state index contributed by atoms with van der Waals surface area (Å²) < 4.78 is 16.2. The van der Waals surface area contributed by atoms with Crippen LogP contribution in [-0.2, 0) is 4.79 Å². The number of amides is 1. The van der Waals surface area contributed by atoms with Gasteiger partial charge in [-0.25, -0.2) is 0 Å². The zero-order valence-corrected chi connectivity index (χ0v) is 20.6. The molecule has 8 heteroatoms. The van der Waals surface area contributed by atoms with Crippen molar-refractivity contribution < 1.29 is 19.0 Å². The minimum absolute atomic E-state index is 0. The molecule has 0 saturated heterocycles. The van der Waals surface area contributed by atoms with Crippen molar-refractivity contribution in [3.05, 3.63) is 53.6 Å². The van der Waals surface area contributed by atoms with Crippen molar-refractivity contribution in [1.29, 1.82) is 0 Å². The molecule has 0 saturated carbocycles. The van der Waals surface area contributed by atoms with E-state index in [1.807, 2.05) is 68.5 Å². The first kappa shape index (κ1) is 27.6. The predicted molar refractivity (Wildman–Crippen MR) is 139 cm³/mol. The second-order valence-corrected chi connectivity index (χ2v) is 8.26. The lowest BCUT2D eigenvalue weighted by molar-refractivity contribution is -0.123. The Morgan fingerprint density at radius 1 is 1.00 bits per heavy atom. The predicted octanol–water partition coefficient (Wildman–Crippen LogP) is 4.00. The van der Waals surface area contributed by atoms with Gasteiger partial charge in [0.1, 0.15) is 22.8 Å². The van der Waals surface area contributed by atoms with Crippen molar-refractivity contribution in [2.24, 2.45) is 11.7 Å². The summed E-state index contributed by atoms with van der Waals surface area (Å²) in [5, 5.41) is 2.84. The Labute approximate surface area is 200 Å². The number of rotatable bonds is 11. The Bertz CT molecular complexity index is 879. The van der Waals surface area contributed by atoms with E-state index in [4.69, 9.17) is 19.9 Å². The summed E-state index contributed by atoms with van der Waals surface area (Å²) in [6.45, 7) is 4.43. The zero-order valence-electron chi connectivity index (χ0n) is 18.9. The maximum absolute atomic E-state index is 11.8. The zero-order chi connectivity index (χ0) is 22.6. The molecule has 0 aromatic heterocycles. The van der Waals surface area contributed by atoms with Crippen molar-refractivity contribution in [2.45, 2.75) is 19.9 Å². The highest BCUT2D eigenvalue weighted by atomic mass is 35.5. The number of carbonyl (C=O) groups is 1. The van der Waals surface area contributed by atoms with E-state index in [0.717, 1.165) is 45.5 Å². The molecule has 2 aromatic rings. The molecule has 1 atom stereocenters. The van der Waals surface area contributed by atoms with Crippen LogP contribution in [0.1, 0.15) is 25.0 Å². The van der Waals surface area contributed by atoms with Crippen molar-refractivity contribution in [3.8, 4) is 17.2 Å². The Balaban J connectivity index is 0.00000512. The van der Waals surface area contributed by atoms with Crippen LogP contribution < -0.4 is 25.3 Å². The summed E-state index contributed by atoms with van der Waals surface area (Å²) in [5.41, 5.74) is 9.57. The summed E-state index contributed by atoms with van der Waals surface area (Å²) in [6.07, 6.45) is 4.02. The molecule has 0 aliphatic rings. The molecule has 0 fully saturated rings. The second kappa shape index (κ2) is 14.6. The molecule has 0 radical (unpaired) electrons. The molecule has 176 valence electrons. The average Bonchev–Trinajstić information content (AvgIpc) is 2.79. The third-order valence-corrected chi connectivity index (χ3v) is 5.28. The van der Waals surface area contributed by atoms with Crippen LogP contribution in [0.25, 0.3) is 12.2 Å². The Kier molecular flexibility index (Phi) is 12.5. The van der Waals surface area contributed by atoms with Gasteiger partial charge in [-0.05, 0) is 41.3 Å². The Morgan fingerprint density at radius 2 is 1.59 bits per heavy atom. The standard InChI is InChI=1S/C24H32N2O4S.ClH/c1-17(2)23(25)24(27)26-11-12-31-16-30-20-9-7-18(8-10-20)5-6-19-13-21(28-3)15-22(14-19)29-4;/h5-10,13-17,23,31H,11-12,25H2,1-4H3,(H,26,27);1H/b6-5+;. The third-order valence-electron chi connectivity index (χ3n) is 4.55. The van der Waals surface area contributed by atoms with Crippen LogP contribution in [0.4, 0.5) is 0 Å². The second-order valence-electron chi connectivity index (χ2n) is 7.24. The van der Waals surface area contributed by atoms with Crippen molar-refractivity contribution in [1.82, 2.24) is 5.32 Å². The van der Waals surface area contributed by atoms with Gasteiger partial charge in [-0.3, -0.25) is 4.79 Å². The van der Waals surface area contributed by atoms with Crippen molar-refractivity contribution in [2.75, 3.05) is 26.5 Å². The molecule has 0 aliphatic heterocycles. The number of benzene rings is 2. The summed E-state index contributed by atoms with van der Waals surface area (Å²) in [5.74, 6) is 3.05. The third kappa shape index (κ3) is 9.34. The van der Waals surface area contributed by atoms with Gasteiger partial charge >= 0.3 is 0 Å². The van der Waals surface area contributed by atoms with E-state index in [1.54, 1.807) is 19.8 Å². The highest BCUT2D eigenvalue weighted by Crippen LogP contribution is 2.24. The molecular weight excluding hydrogens is 448 g/mol. The van der Waals surface area contributed by atoms with E-state index in [2.05, 4.69) is 5.32 Å². The Morgan fingerprint density at radius 3 is 2.16 bits per heavy atom. The maximum atomic E-state index is 11.8. The number of nitrogens with two attached hydrogens (primary N) is 1. The first-order valence-corrected chi connectivity index (χ1v) is 11.3. The molecule has 1 unspecified atom stereocenters. The van der Waals surface area contributed by atoms with E-state index in [0.29, 0.717) is 6.54 Å². The lowest BCUT2D eigenvalue weighted by Crippen LogP contribution is -2.44. The van der Waals surface area contributed by atoms with Gasteiger partial charge in [0, 0.05) is 18.4 Å². The number of halogens is 1. The van der Waals surface area contributed by atoms with E-state index in [-0.39, 0.29) is 24.2 Å². The fourth-order valence-electron chi connectivity index (χ4n) is 2.59. The molecule has 0 heterocycles. The fourth-order valence-corrected chi connectivity index (χ4v) is 3.13. The minimum Gasteiger partial charge on any atom is -0.497 e. The van der Waals surface area contributed by atoms with Gasteiger partial charge in [-0.15, -0.1) is 12.4 Å². The van der Waals surface area contributed by atoms with Crippen LogP contribution in [0.2, 0.25) is 0 Å². The van der Waals surface area contributed by atoms with Gasteiger partial charge in [0.25, 0.3) is 0 Å². The average molecular weight is 481 g/mol. The van der Waals surface area contributed by atoms with Crippen molar-refractivity contribution in [3.63, 3.8) is 0 Å². The van der Waals surface area contributed by atoms with E-state index < -0.39 is 6.04 Å². The monoisotopic (exact) mass is 480 g/mol. The van der Waals surface area contributed by atoms with Gasteiger partial charge in [0.2, 0.25) is 5.91 Å². The fraction of sp³-hybridized carbons (Fsp3) is 0.333. The normalized spacial score (nSPS) is 12.2. The number of hydrogen-bond donors (Lipinski definition) is 3. The molecular formula is C24H33ClN2O4S. The van der Waals surface area contributed by atoms with Crippen LogP contribution >= 0.6 is 23.8 Å². The molecule has 3 N–H and O–H groups in total. The largest absolute Gasteiger partial charge is 0.497 e. The smallest absolute Gasteiger partial charge is 0.237 e. The topological polar surface area (TPSA) is 82.8 Å². The van der Waals surface area contributed by atoms with Gasteiger partial charge in [-0.2, -0.15) is 11.4 Å². The summed E-state index contributed by atoms with van der Waals surface area (Å²) >= 11 is 0.985. The number of methoxy groups -OCH3 is 2. The van der Waals surface area contributed by atoms with Gasteiger partial charge in [0.05, 0.1) is 20.3 Å². The first-order chi connectivity index (χ1) is 14.9. The summed E-state index contributed by atoms with van der Waals surface area (Å²) in [7, 11) is 3.27.